The monoisotopic (exact) mass is 472 g/mol. The Hall–Kier alpha value is -3.23. The predicted molar refractivity (Wildman–Crippen MR) is 136 cm³/mol. The maximum Gasteiger partial charge on any atom is 0.322 e. The number of aromatic nitrogens is 3. The van der Waals surface area contributed by atoms with E-state index in [4.69, 9.17) is 0 Å². The third-order valence-corrected chi connectivity index (χ3v) is 7.88. The van der Waals surface area contributed by atoms with E-state index in [2.05, 4.69) is 56.6 Å². The molecular weight excluding hydrogens is 444 g/mol. The Bertz CT molecular complexity index is 1370. The van der Waals surface area contributed by atoms with Crippen molar-refractivity contribution in [2.75, 3.05) is 18.4 Å². The molecule has 2 N–H and O–H groups in total. The Morgan fingerprint density at radius 1 is 1.18 bits per heavy atom. The fourth-order valence-corrected chi connectivity index (χ4v) is 6.16. The van der Waals surface area contributed by atoms with Crippen LogP contribution in [0.2, 0.25) is 0 Å². The van der Waals surface area contributed by atoms with Gasteiger partial charge in [-0.15, -0.1) is 11.3 Å². The Kier molecular flexibility index (Phi) is 5.34. The molecule has 2 amide bonds. The van der Waals surface area contributed by atoms with Crippen LogP contribution >= 0.6 is 11.3 Å². The molecule has 6 rings (SSSR count). The maximum absolute atomic E-state index is 13.1. The first kappa shape index (κ1) is 21.3. The van der Waals surface area contributed by atoms with Crippen LogP contribution in [0.1, 0.15) is 33.9 Å². The zero-order valence-corrected chi connectivity index (χ0v) is 20.3. The number of piperidine rings is 1. The number of H-pyrrole nitrogens is 1. The molecule has 3 aromatic heterocycles. The number of urea groups is 1. The van der Waals surface area contributed by atoms with Gasteiger partial charge in [-0.1, -0.05) is 0 Å². The number of pyridine rings is 1. The summed E-state index contributed by atoms with van der Waals surface area (Å²) in [6.07, 6.45) is 3.97. The Morgan fingerprint density at radius 3 is 2.91 bits per heavy atom. The molecule has 5 heterocycles. The van der Waals surface area contributed by atoms with Gasteiger partial charge in [-0.3, -0.25) is 15.0 Å². The summed E-state index contributed by atoms with van der Waals surface area (Å²) in [6, 6.07) is 12.9. The number of anilines is 1. The van der Waals surface area contributed by atoms with E-state index >= 15 is 0 Å². The van der Waals surface area contributed by atoms with Gasteiger partial charge in [0.15, 0.2) is 0 Å². The van der Waals surface area contributed by atoms with Crippen molar-refractivity contribution in [3.8, 4) is 11.3 Å². The summed E-state index contributed by atoms with van der Waals surface area (Å²) in [4.78, 5) is 24.7. The number of likely N-dealkylation sites (tertiary alicyclic amines) is 1. The van der Waals surface area contributed by atoms with Crippen LogP contribution in [0.3, 0.4) is 0 Å². The minimum absolute atomic E-state index is 0.00448. The molecule has 2 aliphatic rings. The summed E-state index contributed by atoms with van der Waals surface area (Å²) in [5, 5.41) is 11.9. The molecular formula is C26H28N6OS. The minimum atomic E-state index is -0.00448. The van der Waals surface area contributed by atoms with Crippen molar-refractivity contribution in [1.29, 1.82) is 0 Å². The number of thiophene rings is 1. The number of hydrogen-bond donors (Lipinski definition) is 2. The Labute approximate surface area is 202 Å². The van der Waals surface area contributed by atoms with Crippen LogP contribution in [0.25, 0.3) is 22.2 Å². The van der Waals surface area contributed by atoms with Crippen LogP contribution in [-0.2, 0) is 13.1 Å². The highest BCUT2D eigenvalue weighted by atomic mass is 32.1. The minimum Gasteiger partial charge on any atom is -0.316 e. The SMILES string of the molecule is Cc1cc(-c2n[nH]c3cc4c(cc23)CN([C@@H]2CCCN(Cc3ccc(C)s3)C2)C(=O)N4)ccn1. The van der Waals surface area contributed by atoms with Gasteiger partial charge in [-0.05, 0) is 75.2 Å². The number of fused-ring (bicyclic) bond motifs is 2. The summed E-state index contributed by atoms with van der Waals surface area (Å²) < 4.78 is 0. The van der Waals surface area contributed by atoms with E-state index in [-0.39, 0.29) is 12.1 Å². The predicted octanol–water partition coefficient (Wildman–Crippen LogP) is 5.32. The van der Waals surface area contributed by atoms with Gasteiger partial charge in [0, 0.05) is 64.0 Å². The molecule has 8 heteroatoms. The molecule has 2 aliphatic heterocycles. The smallest absolute Gasteiger partial charge is 0.316 e. The van der Waals surface area contributed by atoms with Crippen molar-refractivity contribution in [2.24, 2.45) is 0 Å². The highest BCUT2D eigenvalue weighted by Crippen LogP contribution is 2.34. The number of amides is 2. The average Bonchev–Trinajstić information content (AvgIpc) is 3.42. The van der Waals surface area contributed by atoms with Crippen LogP contribution in [0.4, 0.5) is 10.5 Å². The highest BCUT2D eigenvalue weighted by Gasteiger charge is 2.32. The lowest BCUT2D eigenvalue weighted by Crippen LogP contribution is -2.52. The molecule has 0 saturated carbocycles. The second-order valence-corrected chi connectivity index (χ2v) is 10.8. The van der Waals surface area contributed by atoms with Gasteiger partial charge in [0.05, 0.1) is 5.52 Å². The molecule has 0 radical (unpaired) electrons. The zero-order valence-electron chi connectivity index (χ0n) is 19.5. The molecule has 0 unspecified atom stereocenters. The molecule has 0 spiro atoms. The van der Waals surface area contributed by atoms with Crippen molar-refractivity contribution in [1.82, 2.24) is 25.0 Å². The van der Waals surface area contributed by atoms with Gasteiger partial charge in [0.2, 0.25) is 0 Å². The van der Waals surface area contributed by atoms with E-state index in [9.17, 15) is 4.79 Å². The zero-order chi connectivity index (χ0) is 23.2. The lowest BCUT2D eigenvalue weighted by molar-refractivity contribution is 0.109. The van der Waals surface area contributed by atoms with Crippen LogP contribution < -0.4 is 5.32 Å². The van der Waals surface area contributed by atoms with Gasteiger partial charge >= 0.3 is 6.03 Å². The van der Waals surface area contributed by atoms with Crippen molar-refractivity contribution in [3.63, 3.8) is 0 Å². The number of rotatable bonds is 4. The highest BCUT2D eigenvalue weighted by molar-refractivity contribution is 7.11. The van der Waals surface area contributed by atoms with Crippen LogP contribution in [-0.4, -0.2) is 50.1 Å². The second-order valence-electron chi connectivity index (χ2n) is 9.41. The van der Waals surface area contributed by atoms with Crippen molar-refractivity contribution in [2.45, 2.75) is 45.8 Å². The Balaban J connectivity index is 1.26. The lowest BCUT2D eigenvalue weighted by Gasteiger charge is -2.41. The van der Waals surface area contributed by atoms with E-state index < -0.39 is 0 Å². The van der Waals surface area contributed by atoms with E-state index in [1.54, 1.807) is 0 Å². The first-order chi connectivity index (χ1) is 16.5. The Morgan fingerprint density at radius 2 is 2.09 bits per heavy atom. The topological polar surface area (TPSA) is 77.2 Å². The van der Waals surface area contributed by atoms with E-state index in [1.807, 2.05) is 41.5 Å². The van der Waals surface area contributed by atoms with Crippen molar-refractivity contribution in [3.05, 3.63) is 63.6 Å². The standard InChI is InChI=1S/C26H28N6OS/c1-16-10-18(7-8-27-16)25-22-11-19-13-32(26(33)28-23(19)12-24(22)29-30-25)20-4-3-9-31(14-20)15-21-6-5-17(2)34-21/h5-8,10-12,20H,3-4,9,13-15H2,1-2H3,(H,28,33)(H,29,30)/t20-/m1/s1. The molecule has 7 nitrogen and oxygen atoms in total. The van der Waals surface area contributed by atoms with Gasteiger partial charge in [0.25, 0.3) is 0 Å². The molecule has 4 aromatic rings. The average molecular weight is 473 g/mol. The number of carbonyl (C=O) groups is 1. The molecule has 174 valence electrons. The normalized spacial score (nSPS) is 18.8. The van der Waals surface area contributed by atoms with Gasteiger partial charge < -0.3 is 10.2 Å². The number of benzene rings is 1. The molecule has 1 fully saturated rings. The summed E-state index contributed by atoms with van der Waals surface area (Å²) >= 11 is 1.86. The quantitative estimate of drug-likeness (QED) is 0.422. The van der Waals surface area contributed by atoms with Crippen molar-refractivity contribution < 1.29 is 4.79 Å². The fourth-order valence-electron chi connectivity index (χ4n) is 5.23. The van der Waals surface area contributed by atoms with E-state index in [0.29, 0.717) is 6.54 Å². The fraction of sp³-hybridized carbons (Fsp3) is 0.346. The summed E-state index contributed by atoms with van der Waals surface area (Å²) in [5.41, 5.74) is 5.85. The third kappa shape index (κ3) is 3.97. The second kappa shape index (κ2) is 8.52. The summed E-state index contributed by atoms with van der Waals surface area (Å²) in [7, 11) is 0. The molecule has 1 atom stereocenters. The third-order valence-electron chi connectivity index (χ3n) is 6.90. The van der Waals surface area contributed by atoms with Crippen molar-refractivity contribution >= 4 is 34.0 Å². The summed E-state index contributed by atoms with van der Waals surface area (Å²) in [6.45, 7) is 7.72. The van der Waals surface area contributed by atoms with Crippen LogP contribution in [0.5, 0.6) is 0 Å². The lowest BCUT2D eigenvalue weighted by atomic mass is 9.99. The summed E-state index contributed by atoms with van der Waals surface area (Å²) in [5.74, 6) is 0. The number of hydrogen-bond acceptors (Lipinski definition) is 5. The van der Waals surface area contributed by atoms with Gasteiger partial charge in [-0.25, -0.2) is 4.79 Å². The molecule has 0 bridgehead atoms. The maximum atomic E-state index is 13.1. The van der Waals surface area contributed by atoms with Crippen LogP contribution in [0.15, 0.2) is 42.6 Å². The first-order valence-corrected chi connectivity index (χ1v) is 12.6. The number of aromatic amines is 1. The molecule has 34 heavy (non-hydrogen) atoms. The number of nitrogens with zero attached hydrogens (tertiary/aromatic N) is 4. The molecule has 1 aromatic carbocycles. The van der Waals surface area contributed by atoms with Crippen LogP contribution in [0, 0.1) is 13.8 Å². The van der Waals surface area contributed by atoms with E-state index in [1.165, 1.54) is 9.75 Å². The molecule has 0 aliphatic carbocycles. The number of nitrogens with one attached hydrogen (secondary N) is 2. The van der Waals surface area contributed by atoms with Gasteiger partial charge in [-0.2, -0.15) is 5.10 Å². The largest absolute Gasteiger partial charge is 0.322 e. The number of aryl methyl sites for hydroxylation is 2. The van der Waals surface area contributed by atoms with Gasteiger partial charge in [0.1, 0.15) is 5.69 Å². The number of carbonyl (C=O) groups excluding carboxylic acids is 1. The molecule has 1 saturated heterocycles. The first-order valence-electron chi connectivity index (χ1n) is 11.8. The van der Waals surface area contributed by atoms with E-state index in [0.717, 1.165) is 71.6 Å².